The van der Waals surface area contributed by atoms with Crippen molar-refractivity contribution >= 4 is 0 Å². The highest BCUT2D eigenvalue weighted by atomic mass is 16.1. The van der Waals surface area contributed by atoms with Crippen molar-refractivity contribution in [2.75, 3.05) is 0 Å². The molecule has 1 heterocycles. The number of hydrogen-bond acceptors (Lipinski definition) is 3. The summed E-state index contributed by atoms with van der Waals surface area (Å²) >= 11 is 0. The van der Waals surface area contributed by atoms with Crippen LogP contribution in [-0.2, 0) is 6.42 Å². The van der Waals surface area contributed by atoms with Crippen LogP contribution in [0.4, 0.5) is 0 Å². The Bertz CT molecular complexity index is 279. The van der Waals surface area contributed by atoms with Crippen LogP contribution in [0.15, 0.2) is 17.1 Å². The van der Waals surface area contributed by atoms with E-state index >= 15 is 0 Å². The molecule has 1 atom stereocenters. The Morgan fingerprint density at radius 3 is 3.09 bits per heavy atom. The average molecular weight is 153 g/mol. The molecule has 60 valence electrons. The first-order chi connectivity index (χ1) is 5.18. The normalized spacial score (nSPS) is 12.9. The van der Waals surface area contributed by atoms with Crippen LogP contribution >= 0.6 is 0 Å². The van der Waals surface area contributed by atoms with E-state index in [0.717, 1.165) is 0 Å². The highest BCUT2D eigenvalue weighted by molar-refractivity contribution is 4.90. The van der Waals surface area contributed by atoms with Crippen LogP contribution in [0.1, 0.15) is 12.7 Å². The van der Waals surface area contributed by atoms with Crippen LogP contribution in [0.5, 0.6) is 0 Å². The fourth-order valence-electron chi connectivity index (χ4n) is 0.820. The molecule has 0 bridgehead atoms. The molecule has 1 aromatic heterocycles. The first-order valence-corrected chi connectivity index (χ1v) is 3.48. The molecule has 0 aliphatic heterocycles. The predicted molar refractivity (Wildman–Crippen MR) is 42.2 cm³/mol. The molecule has 0 spiro atoms. The van der Waals surface area contributed by atoms with E-state index in [-0.39, 0.29) is 11.6 Å². The van der Waals surface area contributed by atoms with Gasteiger partial charge < -0.3 is 10.7 Å². The topological polar surface area (TPSA) is 71.8 Å². The predicted octanol–water partition coefficient (Wildman–Crippen LogP) is -0.340. The summed E-state index contributed by atoms with van der Waals surface area (Å²) in [7, 11) is 0. The van der Waals surface area contributed by atoms with Crippen LogP contribution in [0, 0.1) is 0 Å². The highest BCUT2D eigenvalue weighted by Crippen LogP contribution is 1.88. The van der Waals surface area contributed by atoms with Gasteiger partial charge in [-0.3, -0.25) is 4.79 Å². The van der Waals surface area contributed by atoms with Gasteiger partial charge in [-0.05, 0) is 6.92 Å². The molecule has 3 N–H and O–H groups in total. The summed E-state index contributed by atoms with van der Waals surface area (Å²) in [5, 5.41) is 0. The van der Waals surface area contributed by atoms with E-state index < -0.39 is 0 Å². The molecule has 4 heteroatoms. The Labute approximate surface area is 64.5 Å². The van der Waals surface area contributed by atoms with Gasteiger partial charge in [-0.2, -0.15) is 0 Å². The van der Waals surface area contributed by atoms with E-state index in [9.17, 15) is 4.79 Å². The van der Waals surface area contributed by atoms with Crippen LogP contribution < -0.4 is 11.3 Å². The second-order valence-corrected chi connectivity index (χ2v) is 2.56. The second kappa shape index (κ2) is 3.30. The van der Waals surface area contributed by atoms with Crippen LogP contribution in [0.25, 0.3) is 0 Å². The Balaban J connectivity index is 2.80. The fourth-order valence-corrected chi connectivity index (χ4v) is 0.820. The van der Waals surface area contributed by atoms with Crippen molar-refractivity contribution < 1.29 is 0 Å². The third kappa shape index (κ3) is 2.51. The van der Waals surface area contributed by atoms with E-state index in [2.05, 4.69) is 9.97 Å². The zero-order chi connectivity index (χ0) is 8.27. The van der Waals surface area contributed by atoms with Gasteiger partial charge in [-0.15, -0.1) is 0 Å². The van der Waals surface area contributed by atoms with Gasteiger partial charge in [-0.25, -0.2) is 4.98 Å². The molecule has 0 amide bonds. The summed E-state index contributed by atoms with van der Waals surface area (Å²) in [6.45, 7) is 1.87. The number of nitrogens with one attached hydrogen (secondary N) is 1. The van der Waals surface area contributed by atoms with Crippen molar-refractivity contribution in [3.05, 3.63) is 28.4 Å². The standard InChI is InChI=1S/C7H11N3O/c1-5(8)4-6-9-3-2-7(11)10-6/h2-3,5H,4,8H2,1H3,(H,9,10,11). The van der Waals surface area contributed by atoms with E-state index in [1.807, 2.05) is 6.92 Å². The van der Waals surface area contributed by atoms with Crippen molar-refractivity contribution in [3.63, 3.8) is 0 Å². The summed E-state index contributed by atoms with van der Waals surface area (Å²) in [5.74, 6) is 0.646. The molecular formula is C7H11N3O. The maximum atomic E-state index is 10.7. The molecule has 1 unspecified atom stereocenters. The van der Waals surface area contributed by atoms with Gasteiger partial charge in [0.25, 0.3) is 5.56 Å². The molecule has 4 nitrogen and oxygen atoms in total. The summed E-state index contributed by atoms with van der Waals surface area (Å²) in [5.41, 5.74) is 5.38. The first-order valence-electron chi connectivity index (χ1n) is 3.48. The summed E-state index contributed by atoms with van der Waals surface area (Å²) in [4.78, 5) is 17.3. The summed E-state index contributed by atoms with van der Waals surface area (Å²) in [6.07, 6.45) is 2.09. The molecule has 0 radical (unpaired) electrons. The Kier molecular flexibility index (Phi) is 2.38. The lowest BCUT2D eigenvalue weighted by atomic mass is 10.2. The molecule has 0 aromatic carbocycles. The Morgan fingerprint density at radius 1 is 1.82 bits per heavy atom. The van der Waals surface area contributed by atoms with Gasteiger partial charge >= 0.3 is 0 Å². The smallest absolute Gasteiger partial charge is 0.250 e. The van der Waals surface area contributed by atoms with Crippen LogP contribution in [0.2, 0.25) is 0 Å². The number of aromatic nitrogens is 2. The van der Waals surface area contributed by atoms with Gasteiger partial charge in [-0.1, -0.05) is 0 Å². The Hall–Kier alpha value is -1.16. The number of nitrogens with zero attached hydrogens (tertiary/aromatic N) is 1. The van der Waals surface area contributed by atoms with E-state index in [1.165, 1.54) is 12.3 Å². The number of hydrogen-bond donors (Lipinski definition) is 2. The van der Waals surface area contributed by atoms with Crippen molar-refractivity contribution in [3.8, 4) is 0 Å². The summed E-state index contributed by atoms with van der Waals surface area (Å²) < 4.78 is 0. The molecule has 0 saturated carbocycles. The number of nitrogens with two attached hydrogens (primary N) is 1. The first kappa shape index (κ1) is 7.94. The van der Waals surface area contributed by atoms with Crippen molar-refractivity contribution in [1.29, 1.82) is 0 Å². The molecular weight excluding hydrogens is 142 g/mol. The molecule has 1 aromatic rings. The number of aromatic amines is 1. The minimum atomic E-state index is -0.129. The van der Waals surface area contributed by atoms with Crippen molar-refractivity contribution in [2.24, 2.45) is 5.73 Å². The lowest BCUT2D eigenvalue weighted by Crippen LogP contribution is -2.21. The van der Waals surface area contributed by atoms with Crippen LogP contribution in [0.3, 0.4) is 0 Å². The largest absolute Gasteiger partial charge is 0.328 e. The van der Waals surface area contributed by atoms with Crippen molar-refractivity contribution in [2.45, 2.75) is 19.4 Å². The van der Waals surface area contributed by atoms with Gasteiger partial charge in [0.1, 0.15) is 5.82 Å². The average Bonchev–Trinajstić information content (AvgIpc) is 1.85. The number of H-pyrrole nitrogens is 1. The Morgan fingerprint density at radius 2 is 2.55 bits per heavy atom. The maximum absolute atomic E-state index is 10.7. The van der Waals surface area contributed by atoms with Gasteiger partial charge in [0.05, 0.1) is 0 Å². The molecule has 0 saturated heterocycles. The van der Waals surface area contributed by atoms with E-state index in [1.54, 1.807) is 0 Å². The minimum Gasteiger partial charge on any atom is -0.328 e. The quantitative estimate of drug-likeness (QED) is 0.610. The van der Waals surface area contributed by atoms with Gasteiger partial charge in [0, 0.05) is 24.7 Å². The zero-order valence-electron chi connectivity index (χ0n) is 6.37. The molecule has 11 heavy (non-hydrogen) atoms. The maximum Gasteiger partial charge on any atom is 0.250 e. The van der Waals surface area contributed by atoms with E-state index in [0.29, 0.717) is 12.2 Å². The molecule has 0 aliphatic rings. The number of rotatable bonds is 2. The van der Waals surface area contributed by atoms with Crippen molar-refractivity contribution in [1.82, 2.24) is 9.97 Å². The molecule has 0 fully saturated rings. The lowest BCUT2D eigenvalue weighted by molar-refractivity contribution is 0.698. The van der Waals surface area contributed by atoms with E-state index in [4.69, 9.17) is 5.73 Å². The third-order valence-corrected chi connectivity index (χ3v) is 1.24. The zero-order valence-corrected chi connectivity index (χ0v) is 6.37. The second-order valence-electron chi connectivity index (χ2n) is 2.56. The van der Waals surface area contributed by atoms with Crippen LogP contribution in [-0.4, -0.2) is 16.0 Å². The minimum absolute atomic E-state index is 0.0283. The molecule has 0 aliphatic carbocycles. The summed E-state index contributed by atoms with van der Waals surface area (Å²) in [6, 6.07) is 1.41. The SMILES string of the molecule is CC(N)Cc1nccc(=O)[nH]1. The lowest BCUT2D eigenvalue weighted by Gasteiger charge is -2.01. The van der Waals surface area contributed by atoms with Gasteiger partial charge in [0.2, 0.25) is 0 Å². The third-order valence-electron chi connectivity index (χ3n) is 1.24. The fraction of sp³-hybridized carbons (Fsp3) is 0.429. The highest BCUT2D eigenvalue weighted by Gasteiger charge is 1.98. The monoisotopic (exact) mass is 153 g/mol. The molecule has 1 rings (SSSR count). The van der Waals surface area contributed by atoms with Gasteiger partial charge in [0.15, 0.2) is 0 Å².